The Morgan fingerprint density at radius 2 is 2.17 bits per heavy atom. The maximum Gasteiger partial charge on any atom is 0.235 e. The fraction of sp³-hybridized carbons (Fsp3) is 0.286. The molecule has 4 heteroatoms. The Morgan fingerprint density at radius 1 is 1.39 bits per heavy atom. The third kappa shape index (κ3) is 1.67. The lowest BCUT2D eigenvalue weighted by Crippen LogP contribution is -2.09. The SMILES string of the molecule is Cc1cnn(-c2ccccc2C2(N=C=O)CC2)c1. The molecule has 3 rings (SSSR count). The van der Waals surface area contributed by atoms with Gasteiger partial charge in [0.1, 0.15) is 5.54 Å². The number of hydrogen-bond acceptors (Lipinski definition) is 3. The van der Waals surface area contributed by atoms with E-state index in [4.69, 9.17) is 0 Å². The summed E-state index contributed by atoms with van der Waals surface area (Å²) in [6, 6.07) is 7.95. The van der Waals surface area contributed by atoms with Crippen LogP contribution in [0.25, 0.3) is 5.69 Å². The molecule has 0 bridgehead atoms. The Hall–Kier alpha value is -2.19. The highest BCUT2D eigenvalue weighted by Crippen LogP contribution is 2.50. The third-order valence-electron chi connectivity index (χ3n) is 3.35. The molecule has 0 amide bonds. The number of aromatic nitrogens is 2. The molecule has 0 saturated heterocycles. The largest absolute Gasteiger partial charge is 0.240 e. The number of rotatable bonds is 3. The second-order valence-electron chi connectivity index (χ2n) is 4.71. The molecule has 1 saturated carbocycles. The minimum Gasteiger partial charge on any atom is -0.240 e. The Morgan fingerprint density at radius 3 is 2.78 bits per heavy atom. The molecule has 2 aromatic rings. The van der Waals surface area contributed by atoms with Crippen molar-refractivity contribution in [2.75, 3.05) is 0 Å². The normalized spacial score (nSPS) is 16.1. The van der Waals surface area contributed by atoms with Crippen LogP contribution in [0.2, 0.25) is 0 Å². The van der Waals surface area contributed by atoms with Gasteiger partial charge in [0.2, 0.25) is 6.08 Å². The van der Waals surface area contributed by atoms with Gasteiger partial charge in [0.25, 0.3) is 0 Å². The van der Waals surface area contributed by atoms with E-state index < -0.39 is 0 Å². The smallest absolute Gasteiger partial charge is 0.235 e. The van der Waals surface area contributed by atoms with Crippen LogP contribution in [0.3, 0.4) is 0 Å². The summed E-state index contributed by atoms with van der Waals surface area (Å²) in [5.74, 6) is 0. The lowest BCUT2D eigenvalue weighted by Gasteiger charge is -2.14. The van der Waals surface area contributed by atoms with E-state index in [1.165, 1.54) is 0 Å². The maximum atomic E-state index is 10.6. The van der Waals surface area contributed by atoms with Crippen LogP contribution >= 0.6 is 0 Å². The molecule has 0 N–H and O–H groups in total. The molecular weight excluding hydrogens is 226 g/mol. The topological polar surface area (TPSA) is 47.2 Å². The maximum absolute atomic E-state index is 10.6. The molecule has 1 aromatic carbocycles. The predicted octanol–water partition coefficient (Wildman–Crippen LogP) is 2.51. The first-order valence-corrected chi connectivity index (χ1v) is 5.95. The summed E-state index contributed by atoms with van der Waals surface area (Å²) in [5, 5.41) is 4.32. The van der Waals surface area contributed by atoms with Crippen molar-refractivity contribution >= 4 is 6.08 Å². The van der Waals surface area contributed by atoms with Crippen LogP contribution < -0.4 is 0 Å². The van der Waals surface area contributed by atoms with Crippen LogP contribution in [0.1, 0.15) is 24.0 Å². The van der Waals surface area contributed by atoms with Crippen molar-refractivity contribution in [2.45, 2.75) is 25.3 Å². The van der Waals surface area contributed by atoms with Gasteiger partial charge in [0, 0.05) is 11.8 Å². The summed E-state index contributed by atoms with van der Waals surface area (Å²) >= 11 is 0. The molecule has 0 spiro atoms. The molecule has 1 aromatic heterocycles. The lowest BCUT2D eigenvalue weighted by molar-refractivity contribution is 0.556. The highest BCUT2D eigenvalue weighted by Gasteiger charge is 2.46. The van der Waals surface area contributed by atoms with E-state index in [9.17, 15) is 4.79 Å². The van der Waals surface area contributed by atoms with E-state index in [-0.39, 0.29) is 5.54 Å². The molecule has 1 heterocycles. The minimum absolute atomic E-state index is 0.363. The number of hydrogen-bond donors (Lipinski definition) is 0. The summed E-state index contributed by atoms with van der Waals surface area (Å²) in [5.41, 5.74) is 2.78. The Balaban J connectivity index is 2.14. The van der Waals surface area contributed by atoms with Gasteiger partial charge in [-0.2, -0.15) is 10.1 Å². The zero-order chi connectivity index (χ0) is 12.6. The highest BCUT2D eigenvalue weighted by atomic mass is 16.1. The van der Waals surface area contributed by atoms with Gasteiger partial charge in [-0.15, -0.1) is 0 Å². The Kier molecular flexibility index (Phi) is 2.39. The monoisotopic (exact) mass is 239 g/mol. The number of aryl methyl sites for hydroxylation is 1. The van der Waals surface area contributed by atoms with Crippen molar-refractivity contribution in [3.05, 3.63) is 47.8 Å². The Labute approximate surface area is 105 Å². The summed E-state index contributed by atoms with van der Waals surface area (Å²) in [6.07, 6.45) is 7.29. The fourth-order valence-corrected chi connectivity index (χ4v) is 2.26. The van der Waals surface area contributed by atoms with Gasteiger partial charge in [0.05, 0.1) is 11.9 Å². The van der Waals surface area contributed by atoms with E-state index in [2.05, 4.69) is 10.1 Å². The first-order chi connectivity index (χ1) is 8.75. The quantitative estimate of drug-likeness (QED) is 0.610. The number of nitrogens with zero attached hydrogens (tertiary/aromatic N) is 3. The van der Waals surface area contributed by atoms with Crippen molar-refractivity contribution in [3.63, 3.8) is 0 Å². The van der Waals surface area contributed by atoms with E-state index in [0.29, 0.717) is 0 Å². The van der Waals surface area contributed by atoms with Crippen LogP contribution in [-0.4, -0.2) is 15.9 Å². The molecule has 18 heavy (non-hydrogen) atoms. The van der Waals surface area contributed by atoms with Gasteiger partial charge in [0.15, 0.2) is 0 Å². The second-order valence-corrected chi connectivity index (χ2v) is 4.71. The number of para-hydroxylation sites is 1. The van der Waals surface area contributed by atoms with Gasteiger partial charge in [-0.05, 0) is 31.4 Å². The fourth-order valence-electron chi connectivity index (χ4n) is 2.26. The van der Waals surface area contributed by atoms with E-state index in [0.717, 1.165) is 29.7 Å². The molecule has 4 nitrogen and oxygen atoms in total. The zero-order valence-electron chi connectivity index (χ0n) is 10.1. The van der Waals surface area contributed by atoms with Crippen LogP contribution in [0.5, 0.6) is 0 Å². The van der Waals surface area contributed by atoms with Crippen LogP contribution in [0, 0.1) is 6.92 Å². The highest BCUT2D eigenvalue weighted by molar-refractivity contribution is 5.50. The van der Waals surface area contributed by atoms with Crippen LogP contribution in [-0.2, 0) is 10.3 Å². The number of benzene rings is 1. The lowest BCUT2D eigenvalue weighted by atomic mass is 10.0. The molecule has 0 aliphatic heterocycles. The van der Waals surface area contributed by atoms with E-state index in [1.54, 1.807) is 6.08 Å². The first-order valence-electron chi connectivity index (χ1n) is 5.95. The molecule has 90 valence electrons. The summed E-state index contributed by atoms with van der Waals surface area (Å²) in [4.78, 5) is 14.6. The van der Waals surface area contributed by atoms with Crippen molar-refractivity contribution in [1.29, 1.82) is 0 Å². The van der Waals surface area contributed by atoms with Crippen LogP contribution in [0.15, 0.2) is 41.7 Å². The molecular formula is C14H13N3O. The van der Waals surface area contributed by atoms with E-state index in [1.807, 2.05) is 48.3 Å². The van der Waals surface area contributed by atoms with Crippen molar-refractivity contribution in [3.8, 4) is 5.69 Å². The number of aliphatic imine (C=N–C) groups is 1. The summed E-state index contributed by atoms with van der Waals surface area (Å²) in [7, 11) is 0. The van der Waals surface area contributed by atoms with Gasteiger partial charge in [-0.1, -0.05) is 18.2 Å². The van der Waals surface area contributed by atoms with Gasteiger partial charge in [-0.3, -0.25) is 0 Å². The first kappa shape index (κ1) is 10.9. The molecule has 0 atom stereocenters. The van der Waals surface area contributed by atoms with Gasteiger partial charge in [-0.25, -0.2) is 9.48 Å². The second kappa shape index (κ2) is 3.93. The summed E-state index contributed by atoms with van der Waals surface area (Å²) in [6.45, 7) is 2.00. The predicted molar refractivity (Wildman–Crippen MR) is 67.3 cm³/mol. The van der Waals surface area contributed by atoms with E-state index >= 15 is 0 Å². The van der Waals surface area contributed by atoms with Gasteiger partial charge >= 0.3 is 0 Å². The molecule has 0 radical (unpaired) electrons. The molecule has 1 aliphatic carbocycles. The van der Waals surface area contributed by atoms with Crippen molar-refractivity contribution < 1.29 is 4.79 Å². The molecule has 1 aliphatic rings. The molecule has 1 fully saturated rings. The van der Waals surface area contributed by atoms with Crippen molar-refractivity contribution in [1.82, 2.24) is 9.78 Å². The Bertz CT molecular complexity index is 634. The average Bonchev–Trinajstić information content (AvgIpc) is 3.04. The minimum atomic E-state index is -0.363. The number of carbonyl (C=O) groups excluding carboxylic acids is 1. The third-order valence-corrected chi connectivity index (χ3v) is 3.35. The number of isocyanates is 1. The standard InChI is InChI=1S/C14H13N3O/c1-11-8-16-17(9-11)13-5-3-2-4-12(13)14(6-7-14)15-10-18/h2-5,8-9H,6-7H2,1H3. The summed E-state index contributed by atoms with van der Waals surface area (Å²) < 4.78 is 1.84. The van der Waals surface area contributed by atoms with Crippen LogP contribution in [0.4, 0.5) is 0 Å². The van der Waals surface area contributed by atoms with Crippen molar-refractivity contribution in [2.24, 2.45) is 4.99 Å². The van der Waals surface area contributed by atoms with Gasteiger partial charge < -0.3 is 0 Å². The zero-order valence-corrected chi connectivity index (χ0v) is 10.1. The average molecular weight is 239 g/mol. The molecule has 0 unspecified atom stereocenters.